The van der Waals surface area contributed by atoms with Crippen molar-refractivity contribution in [1.29, 1.82) is 0 Å². The Balaban J connectivity index is 1.99. The first-order valence-electron chi connectivity index (χ1n) is 7.50. The van der Waals surface area contributed by atoms with E-state index in [-0.39, 0.29) is 5.78 Å². The van der Waals surface area contributed by atoms with Gasteiger partial charge in [-0.05, 0) is 56.0 Å². The zero-order chi connectivity index (χ0) is 15.5. The van der Waals surface area contributed by atoms with Gasteiger partial charge in [0.05, 0.1) is 18.7 Å². The number of carbonyl (C=O) groups is 1. The van der Waals surface area contributed by atoms with E-state index in [9.17, 15) is 4.79 Å². The van der Waals surface area contributed by atoms with E-state index in [1.807, 2.05) is 0 Å². The summed E-state index contributed by atoms with van der Waals surface area (Å²) in [6.07, 6.45) is 3.53. The summed E-state index contributed by atoms with van der Waals surface area (Å²) >= 11 is 6.09. The molecule has 1 aliphatic heterocycles. The average Bonchev–Trinajstić information content (AvgIpc) is 2.60. The van der Waals surface area contributed by atoms with E-state index >= 15 is 0 Å². The molecule has 1 aromatic carbocycles. The molecular weight excluding hydrogens is 286 g/mol. The van der Waals surface area contributed by atoms with Crippen LogP contribution in [0, 0.1) is 5.41 Å². The van der Waals surface area contributed by atoms with Crippen molar-refractivity contribution in [2.24, 2.45) is 5.41 Å². The van der Waals surface area contributed by atoms with Crippen LogP contribution in [-0.2, 0) is 0 Å². The van der Waals surface area contributed by atoms with E-state index in [0.29, 0.717) is 28.3 Å². The second-order valence-corrected chi connectivity index (χ2v) is 6.97. The summed E-state index contributed by atoms with van der Waals surface area (Å²) in [7, 11) is 1.57. The van der Waals surface area contributed by atoms with E-state index in [1.54, 1.807) is 25.3 Å². The molecule has 1 aliphatic rings. The molecule has 4 heteroatoms. The summed E-state index contributed by atoms with van der Waals surface area (Å²) in [4.78, 5) is 14.7. The number of likely N-dealkylation sites (tertiary alicyclic amines) is 1. The second kappa shape index (κ2) is 6.80. The Morgan fingerprint density at radius 2 is 2.10 bits per heavy atom. The van der Waals surface area contributed by atoms with E-state index in [4.69, 9.17) is 16.3 Å². The number of Topliss-reactive ketones (excluding diaryl/α,β-unsaturated/α-hetero) is 1. The smallest absolute Gasteiger partial charge is 0.176 e. The predicted octanol–water partition coefficient (Wildman–Crippen LogP) is 4.04. The van der Waals surface area contributed by atoms with Crippen molar-refractivity contribution in [3.63, 3.8) is 0 Å². The lowest BCUT2D eigenvalue weighted by Gasteiger charge is -2.23. The van der Waals surface area contributed by atoms with E-state index in [0.717, 1.165) is 25.9 Å². The van der Waals surface area contributed by atoms with Crippen LogP contribution in [-0.4, -0.2) is 37.4 Å². The van der Waals surface area contributed by atoms with E-state index in [2.05, 4.69) is 18.7 Å². The number of halogens is 1. The van der Waals surface area contributed by atoms with Crippen LogP contribution in [0.5, 0.6) is 5.75 Å². The van der Waals surface area contributed by atoms with Gasteiger partial charge in [-0.3, -0.25) is 9.69 Å². The number of rotatable bonds is 4. The Kier molecular flexibility index (Phi) is 5.28. The number of carbonyl (C=O) groups excluding carboxylic acids is 1. The van der Waals surface area contributed by atoms with Crippen molar-refractivity contribution in [3.05, 3.63) is 28.8 Å². The quantitative estimate of drug-likeness (QED) is 0.786. The Morgan fingerprint density at radius 1 is 1.33 bits per heavy atom. The van der Waals surface area contributed by atoms with Gasteiger partial charge < -0.3 is 4.74 Å². The normalized spacial score (nSPS) is 19.0. The first-order chi connectivity index (χ1) is 9.91. The van der Waals surface area contributed by atoms with Gasteiger partial charge in [-0.25, -0.2) is 0 Å². The van der Waals surface area contributed by atoms with Gasteiger partial charge in [-0.1, -0.05) is 25.4 Å². The van der Waals surface area contributed by atoms with Crippen molar-refractivity contribution in [2.75, 3.05) is 26.7 Å². The molecular formula is C17H24ClNO2. The molecule has 0 N–H and O–H groups in total. The minimum absolute atomic E-state index is 0.124. The molecule has 0 radical (unpaired) electrons. The summed E-state index contributed by atoms with van der Waals surface area (Å²) in [5.74, 6) is 0.726. The lowest BCUT2D eigenvalue weighted by molar-refractivity contribution is 0.0930. The van der Waals surface area contributed by atoms with Gasteiger partial charge >= 0.3 is 0 Å². The Morgan fingerprint density at radius 3 is 2.76 bits per heavy atom. The minimum Gasteiger partial charge on any atom is -0.495 e. The lowest BCUT2D eigenvalue weighted by Crippen LogP contribution is -2.31. The fraction of sp³-hybridized carbons (Fsp3) is 0.588. The molecule has 0 bridgehead atoms. The molecule has 0 unspecified atom stereocenters. The van der Waals surface area contributed by atoms with Crippen LogP contribution in [0.4, 0.5) is 0 Å². The molecule has 1 saturated heterocycles. The van der Waals surface area contributed by atoms with Gasteiger partial charge in [0.2, 0.25) is 0 Å². The molecule has 116 valence electrons. The maximum Gasteiger partial charge on any atom is 0.176 e. The molecule has 21 heavy (non-hydrogen) atoms. The van der Waals surface area contributed by atoms with Gasteiger partial charge in [0.15, 0.2) is 5.78 Å². The number of nitrogens with zero attached hydrogens (tertiary/aromatic N) is 1. The maximum atomic E-state index is 12.4. The highest BCUT2D eigenvalue weighted by molar-refractivity contribution is 6.32. The molecule has 0 saturated carbocycles. The van der Waals surface area contributed by atoms with Gasteiger partial charge in [-0.15, -0.1) is 0 Å². The predicted molar refractivity (Wildman–Crippen MR) is 86.4 cm³/mol. The molecule has 0 spiro atoms. The fourth-order valence-corrected chi connectivity index (χ4v) is 3.03. The molecule has 0 aromatic heterocycles. The Bertz CT molecular complexity index is 514. The van der Waals surface area contributed by atoms with Crippen LogP contribution in [0.3, 0.4) is 0 Å². The Labute approximate surface area is 132 Å². The van der Waals surface area contributed by atoms with E-state index in [1.165, 1.54) is 6.42 Å². The van der Waals surface area contributed by atoms with Crippen LogP contribution < -0.4 is 4.74 Å². The number of hydrogen-bond acceptors (Lipinski definition) is 3. The average molecular weight is 310 g/mol. The van der Waals surface area contributed by atoms with Crippen molar-refractivity contribution in [1.82, 2.24) is 4.90 Å². The monoisotopic (exact) mass is 309 g/mol. The highest BCUT2D eigenvalue weighted by atomic mass is 35.5. The topological polar surface area (TPSA) is 29.5 Å². The highest BCUT2D eigenvalue weighted by Gasteiger charge is 2.24. The number of methoxy groups -OCH3 is 1. The molecule has 1 aromatic rings. The van der Waals surface area contributed by atoms with Crippen molar-refractivity contribution in [2.45, 2.75) is 33.1 Å². The van der Waals surface area contributed by atoms with Crippen LogP contribution in [0.1, 0.15) is 43.5 Å². The van der Waals surface area contributed by atoms with Gasteiger partial charge in [0.1, 0.15) is 5.75 Å². The number of ketones is 1. The van der Waals surface area contributed by atoms with Crippen LogP contribution >= 0.6 is 11.6 Å². The zero-order valence-corrected chi connectivity index (χ0v) is 13.9. The molecule has 0 amide bonds. The third-order valence-corrected chi connectivity index (χ3v) is 4.57. The highest BCUT2D eigenvalue weighted by Crippen LogP contribution is 2.30. The van der Waals surface area contributed by atoms with Crippen molar-refractivity contribution < 1.29 is 9.53 Å². The number of benzene rings is 1. The van der Waals surface area contributed by atoms with Crippen LogP contribution in [0.15, 0.2) is 18.2 Å². The molecule has 0 atom stereocenters. The zero-order valence-electron chi connectivity index (χ0n) is 13.1. The largest absolute Gasteiger partial charge is 0.495 e. The third kappa shape index (κ3) is 4.45. The summed E-state index contributed by atoms with van der Waals surface area (Å²) in [6.45, 7) is 7.07. The molecule has 1 fully saturated rings. The summed E-state index contributed by atoms with van der Waals surface area (Å²) < 4.78 is 5.12. The summed E-state index contributed by atoms with van der Waals surface area (Å²) in [5, 5.41) is 0.486. The maximum absolute atomic E-state index is 12.4. The van der Waals surface area contributed by atoms with Crippen LogP contribution in [0.2, 0.25) is 5.02 Å². The number of hydrogen-bond donors (Lipinski definition) is 0. The van der Waals surface area contributed by atoms with Crippen LogP contribution in [0.25, 0.3) is 0 Å². The van der Waals surface area contributed by atoms with Gasteiger partial charge in [0.25, 0.3) is 0 Å². The first kappa shape index (κ1) is 16.3. The summed E-state index contributed by atoms with van der Waals surface area (Å²) in [6, 6.07) is 5.24. The minimum atomic E-state index is 0.124. The third-order valence-electron chi connectivity index (χ3n) is 4.27. The van der Waals surface area contributed by atoms with Gasteiger partial charge in [-0.2, -0.15) is 0 Å². The molecule has 1 heterocycles. The van der Waals surface area contributed by atoms with Crippen molar-refractivity contribution in [3.8, 4) is 5.75 Å². The lowest BCUT2D eigenvalue weighted by atomic mass is 9.85. The number of ether oxygens (including phenoxy) is 1. The summed E-state index contributed by atoms with van der Waals surface area (Å²) in [5.41, 5.74) is 1.05. The Hall–Kier alpha value is -1.06. The first-order valence-corrected chi connectivity index (χ1v) is 7.88. The molecule has 3 nitrogen and oxygen atoms in total. The fourth-order valence-electron chi connectivity index (χ4n) is 2.77. The molecule has 2 rings (SSSR count). The second-order valence-electron chi connectivity index (χ2n) is 6.57. The van der Waals surface area contributed by atoms with Gasteiger partial charge in [0, 0.05) is 5.56 Å². The molecule has 0 aliphatic carbocycles. The standard InChI is InChI=1S/C17H24ClNO2/c1-17(2)7-4-9-19(10-8-17)12-15(20)13-5-6-16(21-3)14(18)11-13/h5-6,11H,4,7-10,12H2,1-3H3. The van der Waals surface area contributed by atoms with Crippen molar-refractivity contribution >= 4 is 17.4 Å². The SMILES string of the molecule is COc1ccc(C(=O)CN2CCCC(C)(C)CC2)cc1Cl. The van der Waals surface area contributed by atoms with E-state index < -0.39 is 0 Å².